The van der Waals surface area contributed by atoms with Crippen LogP contribution in [0.4, 0.5) is 4.79 Å². The number of hydrogen-bond acceptors (Lipinski definition) is 4. The largest absolute Gasteiger partial charge is 0.456 e. The zero-order valence-electron chi connectivity index (χ0n) is 16.2. The van der Waals surface area contributed by atoms with Crippen molar-refractivity contribution in [2.45, 2.75) is 51.6 Å². The zero-order chi connectivity index (χ0) is 19.8. The van der Waals surface area contributed by atoms with E-state index in [2.05, 4.69) is 10.6 Å². The molecule has 3 amide bonds. The summed E-state index contributed by atoms with van der Waals surface area (Å²) < 4.78 is 5.24. The SMILES string of the molecule is Cc1ccc(C)c(C2NC(=O)N(CC(=O)NC3CCCC3)C3=C2C(=O)OC3)c1. The third kappa shape index (κ3) is 3.37. The number of cyclic esters (lactones) is 1. The molecule has 1 aliphatic carbocycles. The molecule has 28 heavy (non-hydrogen) atoms. The number of carbonyl (C=O) groups is 3. The van der Waals surface area contributed by atoms with Crippen molar-refractivity contribution in [1.82, 2.24) is 15.5 Å². The van der Waals surface area contributed by atoms with Crippen molar-refractivity contribution in [3.63, 3.8) is 0 Å². The minimum Gasteiger partial charge on any atom is -0.456 e. The number of amides is 3. The van der Waals surface area contributed by atoms with Crippen LogP contribution in [0.1, 0.15) is 48.4 Å². The molecule has 0 spiro atoms. The summed E-state index contributed by atoms with van der Waals surface area (Å²) in [7, 11) is 0. The van der Waals surface area contributed by atoms with Crippen molar-refractivity contribution in [1.29, 1.82) is 0 Å². The third-order valence-corrected chi connectivity index (χ3v) is 5.77. The number of carbonyl (C=O) groups excluding carboxylic acids is 3. The second kappa shape index (κ2) is 7.30. The van der Waals surface area contributed by atoms with Gasteiger partial charge in [-0.3, -0.25) is 9.69 Å². The maximum atomic E-state index is 12.8. The molecular weight excluding hydrogens is 358 g/mol. The van der Waals surface area contributed by atoms with Gasteiger partial charge in [-0.25, -0.2) is 9.59 Å². The number of benzene rings is 1. The normalized spacial score (nSPS) is 22.2. The highest BCUT2D eigenvalue weighted by molar-refractivity contribution is 5.98. The summed E-state index contributed by atoms with van der Waals surface area (Å²) in [5.41, 5.74) is 3.80. The molecule has 2 N–H and O–H groups in total. The molecule has 1 atom stereocenters. The second-order valence-electron chi connectivity index (χ2n) is 7.81. The highest BCUT2D eigenvalue weighted by atomic mass is 16.5. The van der Waals surface area contributed by atoms with Crippen LogP contribution in [0.15, 0.2) is 29.5 Å². The lowest BCUT2D eigenvalue weighted by Crippen LogP contribution is -2.51. The molecule has 4 rings (SSSR count). The molecule has 0 bridgehead atoms. The van der Waals surface area contributed by atoms with Crippen LogP contribution in [0.2, 0.25) is 0 Å². The Hall–Kier alpha value is -2.83. The van der Waals surface area contributed by atoms with Gasteiger partial charge >= 0.3 is 12.0 Å². The standard InChI is InChI=1S/C21H25N3O4/c1-12-7-8-13(2)15(9-12)19-18-16(11-28-20(18)26)24(21(27)23-19)10-17(25)22-14-5-3-4-6-14/h7-9,14,19H,3-6,10-11H2,1-2H3,(H,22,25)(H,23,27). The fraction of sp³-hybridized carbons (Fsp3) is 0.476. The predicted molar refractivity (Wildman–Crippen MR) is 102 cm³/mol. The van der Waals surface area contributed by atoms with Crippen LogP contribution in [0.3, 0.4) is 0 Å². The molecule has 1 fully saturated rings. The number of urea groups is 1. The van der Waals surface area contributed by atoms with Crippen LogP contribution in [0.5, 0.6) is 0 Å². The number of esters is 1. The third-order valence-electron chi connectivity index (χ3n) is 5.77. The first-order valence-corrected chi connectivity index (χ1v) is 9.78. The molecule has 1 saturated carbocycles. The Balaban J connectivity index is 1.62. The smallest absolute Gasteiger partial charge is 0.338 e. The monoisotopic (exact) mass is 383 g/mol. The molecule has 1 aromatic rings. The first-order chi connectivity index (χ1) is 13.4. The number of rotatable bonds is 4. The summed E-state index contributed by atoms with van der Waals surface area (Å²) >= 11 is 0. The molecule has 1 unspecified atom stereocenters. The number of aryl methyl sites for hydroxylation is 2. The fourth-order valence-electron chi connectivity index (χ4n) is 4.27. The molecule has 7 nitrogen and oxygen atoms in total. The number of hydrogen-bond donors (Lipinski definition) is 2. The van der Waals surface area contributed by atoms with Crippen molar-refractivity contribution < 1.29 is 19.1 Å². The van der Waals surface area contributed by atoms with Gasteiger partial charge < -0.3 is 15.4 Å². The number of nitrogens with zero attached hydrogens (tertiary/aromatic N) is 1. The van der Waals surface area contributed by atoms with Crippen molar-refractivity contribution in [3.05, 3.63) is 46.2 Å². The molecule has 7 heteroatoms. The maximum absolute atomic E-state index is 12.8. The van der Waals surface area contributed by atoms with Crippen molar-refractivity contribution in [2.75, 3.05) is 13.2 Å². The van der Waals surface area contributed by atoms with E-state index in [0.29, 0.717) is 11.3 Å². The first-order valence-electron chi connectivity index (χ1n) is 9.78. The molecule has 0 aromatic heterocycles. The minimum atomic E-state index is -0.563. The van der Waals surface area contributed by atoms with Crippen LogP contribution in [-0.4, -0.2) is 42.0 Å². The molecule has 2 aliphatic heterocycles. The van der Waals surface area contributed by atoms with Gasteiger partial charge in [0.25, 0.3) is 0 Å². The fourth-order valence-corrected chi connectivity index (χ4v) is 4.27. The Morgan fingerprint density at radius 1 is 1.25 bits per heavy atom. The maximum Gasteiger partial charge on any atom is 0.338 e. The van der Waals surface area contributed by atoms with E-state index in [9.17, 15) is 14.4 Å². The molecule has 2 heterocycles. The van der Waals surface area contributed by atoms with Gasteiger partial charge in [-0.05, 0) is 37.8 Å². The van der Waals surface area contributed by atoms with E-state index in [4.69, 9.17) is 4.74 Å². The van der Waals surface area contributed by atoms with E-state index < -0.39 is 12.0 Å². The lowest BCUT2D eigenvalue weighted by molar-refractivity contribution is -0.136. The van der Waals surface area contributed by atoms with Gasteiger partial charge in [0.1, 0.15) is 13.2 Å². The number of nitrogens with one attached hydrogen (secondary N) is 2. The summed E-state index contributed by atoms with van der Waals surface area (Å²) in [6.45, 7) is 3.81. The number of ether oxygens (including phenoxy) is 1. The Bertz CT molecular complexity index is 870. The lowest BCUT2D eigenvalue weighted by atomic mass is 9.91. The van der Waals surface area contributed by atoms with Gasteiger partial charge in [-0.15, -0.1) is 0 Å². The minimum absolute atomic E-state index is 0.0136. The Labute approximate surface area is 164 Å². The Kier molecular flexibility index (Phi) is 4.83. The van der Waals surface area contributed by atoms with Crippen LogP contribution in [-0.2, 0) is 14.3 Å². The van der Waals surface area contributed by atoms with Crippen molar-refractivity contribution in [2.24, 2.45) is 0 Å². The Morgan fingerprint density at radius 3 is 2.75 bits per heavy atom. The van der Waals surface area contributed by atoms with Gasteiger partial charge in [0, 0.05) is 6.04 Å². The molecule has 0 radical (unpaired) electrons. The highest BCUT2D eigenvalue weighted by Gasteiger charge is 2.43. The summed E-state index contributed by atoms with van der Waals surface area (Å²) in [6.07, 6.45) is 4.18. The van der Waals surface area contributed by atoms with Gasteiger partial charge in [-0.2, -0.15) is 0 Å². The first kappa shape index (κ1) is 18.5. The summed E-state index contributed by atoms with van der Waals surface area (Å²) in [5.74, 6) is -0.652. The van der Waals surface area contributed by atoms with Crippen LogP contribution >= 0.6 is 0 Å². The summed E-state index contributed by atoms with van der Waals surface area (Å²) in [6, 6.07) is 5.16. The molecular formula is C21H25N3O4. The Morgan fingerprint density at radius 2 is 2.00 bits per heavy atom. The van der Waals surface area contributed by atoms with E-state index in [0.717, 1.165) is 42.4 Å². The molecule has 1 aromatic carbocycles. The quantitative estimate of drug-likeness (QED) is 0.781. The van der Waals surface area contributed by atoms with E-state index >= 15 is 0 Å². The summed E-state index contributed by atoms with van der Waals surface area (Å²) in [4.78, 5) is 39.1. The van der Waals surface area contributed by atoms with Crippen LogP contribution in [0.25, 0.3) is 0 Å². The van der Waals surface area contributed by atoms with E-state index in [-0.39, 0.29) is 31.1 Å². The van der Waals surface area contributed by atoms with Crippen molar-refractivity contribution in [3.8, 4) is 0 Å². The van der Waals surface area contributed by atoms with Gasteiger partial charge in [0.05, 0.1) is 17.3 Å². The van der Waals surface area contributed by atoms with Gasteiger partial charge in [0.2, 0.25) is 5.91 Å². The second-order valence-corrected chi connectivity index (χ2v) is 7.81. The topological polar surface area (TPSA) is 87.7 Å². The molecule has 148 valence electrons. The van der Waals surface area contributed by atoms with Crippen molar-refractivity contribution >= 4 is 17.9 Å². The molecule has 0 saturated heterocycles. The lowest BCUT2D eigenvalue weighted by Gasteiger charge is -2.33. The van der Waals surface area contributed by atoms with E-state index in [1.54, 1.807) is 0 Å². The average Bonchev–Trinajstić information content (AvgIpc) is 3.29. The molecule has 3 aliphatic rings. The predicted octanol–water partition coefficient (Wildman–Crippen LogP) is 2.24. The van der Waals surface area contributed by atoms with E-state index in [1.807, 2.05) is 32.0 Å². The van der Waals surface area contributed by atoms with Gasteiger partial charge in [-0.1, -0.05) is 36.6 Å². The van der Waals surface area contributed by atoms with E-state index in [1.165, 1.54) is 4.90 Å². The summed E-state index contributed by atoms with van der Waals surface area (Å²) in [5, 5.41) is 5.89. The van der Waals surface area contributed by atoms with Crippen LogP contribution in [0, 0.1) is 13.8 Å². The van der Waals surface area contributed by atoms with Gasteiger partial charge in [0.15, 0.2) is 0 Å². The highest BCUT2D eigenvalue weighted by Crippen LogP contribution is 2.36. The van der Waals surface area contributed by atoms with Crippen LogP contribution < -0.4 is 10.6 Å². The average molecular weight is 383 g/mol. The zero-order valence-corrected chi connectivity index (χ0v) is 16.2.